The topological polar surface area (TPSA) is 87.6 Å². The molecule has 0 spiro atoms. The number of carbonyl (C=O) groups is 1. The predicted octanol–water partition coefficient (Wildman–Crippen LogP) is 1.72. The first-order valence-corrected chi connectivity index (χ1v) is 7.96. The van der Waals surface area contributed by atoms with Gasteiger partial charge in [-0.05, 0) is 30.7 Å². The van der Waals surface area contributed by atoms with Crippen molar-refractivity contribution in [3.63, 3.8) is 0 Å². The van der Waals surface area contributed by atoms with Crippen LogP contribution in [-0.4, -0.2) is 41.9 Å². The summed E-state index contributed by atoms with van der Waals surface area (Å²) in [7, 11) is -3.83. The Morgan fingerprint density at radius 1 is 1.33 bits per heavy atom. The van der Waals surface area contributed by atoms with Gasteiger partial charge >= 0.3 is 5.97 Å². The number of fused-ring (bicyclic) bond motifs is 1. The molecule has 2 rings (SSSR count). The van der Waals surface area contributed by atoms with Crippen LogP contribution in [0, 0.1) is 0 Å². The van der Waals surface area contributed by atoms with E-state index in [9.17, 15) is 13.2 Å². The highest BCUT2D eigenvalue weighted by atomic mass is 32.2. The lowest BCUT2D eigenvalue weighted by Gasteiger charge is -2.19. The monoisotopic (exact) mass is 308 g/mol. The van der Waals surface area contributed by atoms with Crippen LogP contribution in [0.1, 0.15) is 13.3 Å². The predicted molar refractivity (Wildman–Crippen MR) is 78.4 cm³/mol. The number of carboxylic acid groups (broad SMARTS) is 1. The zero-order valence-corrected chi connectivity index (χ0v) is 12.4. The van der Waals surface area contributed by atoms with E-state index < -0.39 is 22.5 Å². The van der Waals surface area contributed by atoms with Crippen LogP contribution < -0.4 is 0 Å². The molecule has 1 heterocycles. The van der Waals surface area contributed by atoms with Crippen LogP contribution in [0.5, 0.6) is 0 Å². The quantitative estimate of drug-likeness (QED) is 0.878. The van der Waals surface area contributed by atoms with Gasteiger partial charge in [-0.3, -0.25) is 9.78 Å². The summed E-state index contributed by atoms with van der Waals surface area (Å²) < 4.78 is 26.1. The molecule has 0 bridgehead atoms. The minimum atomic E-state index is -3.83. The van der Waals surface area contributed by atoms with Gasteiger partial charge in [0.05, 0.1) is 10.4 Å². The van der Waals surface area contributed by atoms with Gasteiger partial charge in [0, 0.05) is 18.1 Å². The Morgan fingerprint density at radius 3 is 2.76 bits per heavy atom. The molecule has 112 valence electrons. The highest BCUT2D eigenvalue weighted by molar-refractivity contribution is 7.89. The zero-order valence-electron chi connectivity index (χ0n) is 11.6. The Balaban J connectivity index is 2.45. The molecule has 1 aromatic heterocycles. The van der Waals surface area contributed by atoms with E-state index >= 15 is 0 Å². The Hall–Kier alpha value is -1.99. The lowest BCUT2D eigenvalue weighted by atomic mass is 10.2. The van der Waals surface area contributed by atoms with Crippen molar-refractivity contribution in [2.24, 2.45) is 0 Å². The third-order valence-corrected chi connectivity index (χ3v) is 4.84. The summed E-state index contributed by atoms with van der Waals surface area (Å²) in [5.41, 5.74) is 0.691. The molecule has 0 radical (unpaired) electrons. The molecule has 7 heteroatoms. The van der Waals surface area contributed by atoms with Gasteiger partial charge in [0.2, 0.25) is 10.0 Å². The van der Waals surface area contributed by atoms with E-state index in [1.54, 1.807) is 31.3 Å². The van der Waals surface area contributed by atoms with Gasteiger partial charge in [-0.2, -0.15) is 4.31 Å². The van der Waals surface area contributed by atoms with Crippen LogP contribution in [0.4, 0.5) is 0 Å². The van der Waals surface area contributed by atoms with Crippen molar-refractivity contribution < 1.29 is 18.3 Å². The van der Waals surface area contributed by atoms with Gasteiger partial charge in [-0.15, -0.1) is 0 Å². The number of aliphatic carboxylic acids is 1. The second kappa shape index (κ2) is 6.19. The van der Waals surface area contributed by atoms with Crippen molar-refractivity contribution in [2.45, 2.75) is 18.2 Å². The van der Waals surface area contributed by atoms with Gasteiger partial charge in [-0.25, -0.2) is 8.42 Å². The van der Waals surface area contributed by atoms with E-state index in [0.29, 0.717) is 17.3 Å². The highest BCUT2D eigenvalue weighted by Gasteiger charge is 2.26. The molecule has 0 aliphatic rings. The number of carboxylic acids is 1. The average molecular weight is 308 g/mol. The zero-order chi connectivity index (χ0) is 15.5. The van der Waals surface area contributed by atoms with Crippen LogP contribution in [0.3, 0.4) is 0 Å². The minimum Gasteiger partial charge on any atom is -0.480 e. The van der Waals surface area contributed by atoms with Crippen molar-refractivity contribution in [1.82, 2.24) is 9.29 Å². The SMILES string of the molecule is CCCN(CC(=O)O)S(=O)(=O)c1ccc2ncccc2c1. The normalized spacial score (nSPS) is 11.9. The molecule has 0 saturated carbocycles. The maximum absolute atomic E-state index is 12.5. The van der Waals surface area contributed by atoms with Crippen molar-refractivity contribution in [1.29, 1.82) is 0 Å². The molecule has 2 aromatic rings. The molecular formula is C14H16N2O4S. The molecule has 21 heavy (non-hydrogen) atoms. The van der Waals surface area contributed by atoms with Crippen LogP contribution in [0.25, 0.3) is 10.9 Å². The number of hydrogen-bond donors (Lipinski definition) is 1. The summed E-state index contributed by atoms with van der Waals surface area (Å²) in [6.45, 7) is 1.43. The Kier molecular flexibility index (Phi) is 4.54. The van der Waals surface area contributed by atoms with Gasteiger partial charge in [-0.1, -0.05) is 13.0 Å². The maximum atomic E-state index is 12.5. The maximum Gasteiger partial charge on any atom is 0.318 e. The summed E-state index contributed by atoms with van der Waals surface area (Å²) in [5.74, 6) is -1.17. The number of aromatic nitrogens is 1. The summed E-state index contributed by atoms with van der Waals surface area (Å²) in [6.07, 6.45) is 2.17. The second-order valence-corrected chi connectivity index (χ2v) is 6.53. The molecule has 0 saturated heterocycles. The van der Waals surface area contributed by atoms with Crippen LogP contribution >= 0.6 is 0 Å². The Morgan fingerprint density at radius 2 is 2.10 bits per heavy atom. The lowest BCUT2D eigenvalue weighted by molar-refractivity contribution is -0.137. The Labute approximate surface area is 123 Å². The third-order valence-electron chi connectivity index (χ3n) is 3.00. The van der Waals surface area contributed by atoms with Crippen molar-refractivity contribution in [3.05, 3.63) is 36.5 Å². The molecule has 1 aromatic carbocycles. The lowest BCUT2D eigenvalue weighted by Crippen LogP contribution is -2.36. The minimum absolute atomic E-state index is 0.0812. The third kappa shape index (κ3) is 3.37. The second-order valence-electron chi connectivity index (χ2n) is 4.59. The van der Waals surface area contributed by atoms with Crippen molar-refractivity contribution in [2.75, 3.05) is 13.1 Å². The van der Waals surface area contributed by atoms with E-state index in [2.05, 4.69) is 4.98 Å². The first-order valence-electron chi connectivity index (χ1n) is 6.52. The number of hydrogen-bond acceptors (Lipinski definition) is 4. The van der Waals surface area contributed by atoms with Gasteiger partial charge < -0.3 is 5.11 Å². The largest absolute Gasteiger partial charge is 0.480 e. The fraction of sp³-hybridized carbons (Fsp3) is 0.286. The highest BCUT2D eigenvalue weighted by Crippen LogP contribution is 2.20. The van der Waals surface area contributed by atoms with Gasteiger partial charge in [0.15, 0.2) is 0 Å². The fourth-order valence-corrected chi connectivity index (χ4v) is 3.57. The molecule has 0 amide bonds. The molecule has 0 aliphatic heterocycles. The summed E-state index contributed by atoms with van der Waals surface area (Å²) in [4.78, 5) is 15.1. The smallest absolute Gasteiger partial charge is 0.318 e. The molecule has 0 unspecified atom stereocenters. The van der Waals surface area contributed by atoms with E-state index in [0.717, 1.165) is 4.31 Å². The molecule has 0 fully saturated rings. The first-order chi connectivity index (χ1) is 9.95. The summed E-state index contributed by atoms with van der Waals surface area (Å²) in [6, 6.07) is 8.08. The van der Waals surface area contributed by atoms with E-state index in [4.69, 9.17) is 5.11 Å². The molecule has 0 aliphatic carbocycles. The molecule has 1 N–H and O–H groups in total. The van der Waals surface area contributed by atoms with Crippen LogP contribution in [0.2, 0.25) is 0 Å². The average Bonchev–Trinajstić information content (AvgIpc) is 2.46. The number of pyridine rings is 1. The van der Waals surface area contributed by atoms with Gasteiger partial charge in [0.25, 0.3) is 0 Å². The molecular weight excluding hydrogens is 292 g/mol. The number of sulfonamides is 1. The standard InChI is InChI=1S/C14H16N2O4S/c1-2-8-16(10-14(17)18)21(19,20)12-5-6-13-11(9-12)4-3-7-15-13/h3-7,9H,2,8,10H2,1H3,(H,17,18). The molecule has 6 nitrogen and oxygen atoms in total. The number of rotatable bonds is 6. The summed E-state index contributed by atoms with van der Waals surface area (Å²) in [5, 5.41) is 9.58. The van der Waals surface area contributed by atoms with E-state index in [-0.39, 0.29) is 11.4 Å². The summed E-state index contributed by atoms with van der Waals surface area (Å²) >= 11 is 0. The van der Waals surface area contributed by atoms with Crippen LogP contribution in [-0.2, 0) is 14.8 Å². The number of nitrogens with zero attached hydrogens (tertiary/aromatic N) is 2. The fourth-order valence-electron chi connectivity index (χ4n) is 2.05. The van der Waals surface area contributed by atoms with Crippen LogP contribution in [0.15, 0.2) is 41.4 Å². The van der Waals surface area contributed by atoms with Gasteiger partial charge in [0.1, 0.15) is 6.54 Å². The molecule has 0 atom stereocenters. The van der Waals surface area contributed by atoms with E-state index in [1.165, 1.54) is 12.1 Å². The number of benzene rings is 1. The Bertz CT molecular complexity index is 758. The van der Waals surface area contributed by atoms with E-state index in [1.807, 2.05) is 0 Å². The van der Waals surface area contributed by atoms with Crippen molar-refractivity contribution in [3.8, 4) is 0 Å². The van der Waals surface area contributed by atoms with Crippen molar-refractivity contribution >= 4 is 26.9 Å². The first kappa shape index (κ1) is 15.4.